The maximum absolute atomic E-state index is 12.8. The van der Waals surface area contributed by atoms with Crippen LogP contribution < -0.4 is 11.0 Å². The molecule has 33 heavy (non-hydrogen) atoms. The number of para-hydroxylation sites is 1. The van der Waals surface area contributed by atoms with Gasteiger partial charge >= 0.3 is 0 Å². The van der Waals surface area contributed by atoms with Crippen LogP contribution in [0.3, 0.4) is 0 Å². The van der Waals surface area contributed by atoms with Gasteiger partial charge in [0.25, 0.3) is 17.2 Å². The molecule has 166 valence electrons. The van der Waals surface area contributed by atoms with E-state index >= 15 is 0 Å². The third-order valence-electron chi connectivity index (χ3n) is 5.22. The van der Waals surface area contributed by atoms with Crippen molar-refractivity contribution in [2.75, 3.05) is 5.43 Å². The number of carbonyl (C=O) groups is 1. The van der Waals surface area contributed by atoms with E-state index in [0.29, 0.717) is 10.6 Å². The number of hydrogen-bond donors (Lipinski definition) is 1. The number of nitrogens with zero attached hydrogens (tertiary/aromatic N) is 5. The fourth-order valence-electron chi connectivity index (χ4n) is 3.51. The molecule has 12 heteroatoms. The van der Waals surface area contributed by atoms with Crippen LogP contribution in [0.15, 0.2) is 53.3 Å². The molecule has 1 aliphatic rings. The molecule has 10 nitrogen and oxygen atoms in total. The zero-order valence-electron chi connectivity index (χ0n) is 16.9. The Kier molecular flexibility index (Phi) is 5.76. The number of benzene rings is 2. The van der Waals surface area contributed by atoms with Gasteiger partial charge in [-0.1, -0.05) is 35.9 Å². The van der Waals surface area contributed by atoms with Crippen LogP contribution in [-0.2, 0) is 11.8 Å². The van der Waals surface area contributed by atoms with Gasteiger partial charge in [-0.3, -0.25) is 29.7 Å². The van der Waals surface area contributed by atoms with E-state index in [1.807, 2.05) is 6.07 Å². The van der Waals surface area contributed by atoms with Gasteiger partial charge in [0.2, 0.25) is 5.95 Å². The lowest BCUT2D eigenvalue weighted by atomic mass is 9.94. The van der Waals surface area contributed by atoms with Crippen LogP contribution in [0, 0.1) is 21.4 Å². The van der Waals surface area contributed by atoms with Crippen LogP contribution in [0.5, 0.6) is 0 Å². The summed E-state index contributed by atoms with van der Waals surface area (Å²) in [6.45, 7) is 0. The number of alkyl halides is 1. The zero-order valence-corrected chi connectivity index (χ0v) is 18.4. The van der Waals surface area contributed by atoms with Crippen molar-refractivity contribution in [2.45, 2.75) is 11.4 Å². The molecule has 1 fully saturated rings. The molecule has 0 aliphatic carbocycles. The first-order valence-electron chi connectivity index (χ1n) is 9.48. The number of rotatable bonds is 5. The molecule has 0 bridgehead atoms. The number of nitrogens with one attached hydrogen (secondary N) is 1. The Labute approximate surface area is 196 Å². The summed E-state index contributed by atoms with van der Waals surface area (Å²) in [4.78, 5) is 40.6. The minimum Gasteiger partial charge on any atom is -0.279 e. The molecule has 3 aromatic rings. The van der Waals surface area contributed by atoms with Crippen LogP contribution in [0.4, 0.5) is 11.6 Å². The fourth-order valence-corrected chi connectivity index (χ4v) is 3.99. The van der Waals surface area contributed by atoms with E-state index < -0.39 is 27.8 Å². The fraction of sp³-hybridized carbons (Fsp3) is 0.143. The number of halogens is 2. The lowest BCUT2D eigenvalue weighted by Crippen LogP contribution is -2.59. The van der Waals surface area contributed by atoms with Gasteiger partial charge in [0.1, 0.15) is 23.1 Å². The first-order chi connectivity index (χ1) is 15.7. The normalized spacial score (nSPS) is 17.3. The minimum atomic E-state index is -1.05. The molecule has 1 amide bonds. The molecule has 0 saturated carbocycles. The van der Waals surface area contributed by atoms with E-state index in [0.717, 1.165) is 9.58 Å². The Morgan fingerprint density at radius 2 is 1.85 bits per heavy atom. The van der Waals surface area contributed by atoms with Gasteiger partial charge in [0.15, 0.2) is 0 Å². The summed E-state index contributed by atoms with van der Waals surface area (Å²) >= 11 is 12.1. The Balaban J connectivity index is 1.78. The monoisotopic (exact) mass is 484 g/mol. The number of hydrazine groups is 1. The molecular weight excluding hydrogens is 471 g/mol. The number of anilines is 1. The largest absolute Gasteiger partial charge is 0.279 e. The average Bonchev–Trinajstić information content (AvgIpc) is 2.81. The van der Waals surface area contributed by atoms with E-state index in [1.54, 1.807) is 30.3 Å². The summed E-state index contributed by atoms with van der Waals surface area (Å²) in [7, 11) is 1.38. The SMILES string of the molecule is Cn1c(NN2C(=O)C(Cl)C2c2ccccc2[N+](=O)[O-])nc(-c2ccc(Cl)cc2)c(C#N)c1=O. The van der Waals surface area contributed by atoms with Crippen LogP contribution >= 0.6 is 23.2 Å². The number of amides is 1. The van der Waals surface area contributed by atoms with E-state index in [2.05, 4.69) is 10.4 Å². The second-order valence-corrected chi connectivity index (χ2v) is 8.03. The summed E-state index contributed by atoms with van der Waals surface area (Å²) in [5.74, 6) is -0.601. The Morgan fingerprint density at radius 1 is 1.18 bits per heavy atom. The molecule has 4 rings (SSSR count). The molecule has 2 unspecified atom stereocenters. The quantitative estimate of drug-likeness (QED) is 0.253. The Morgan fingerprint density at radius 3 is 2.48 bits per heavy atom. The van der Waals surface area contributed by atoms with Crippen molar-refractivity contribution in [3.05, 3.63) is 85.1 Å². The average molecular weight is 485 g/mol. The molecule has 1 saturated heterocycles. The lowest BCUT2D eigenvalue weighted by molar-refractivity contribution is -0.386. The number of β-lactam (4-membered cyclic amide) rings is 1. The molecule has 0 radical (unpaired) electrons. The van der Waals surface area contributed by atoms with Gasteiger partial charge in [-0.05, 0) is 18.2 Å². The third-order valence-corrected chi connectivity index (χ3v) is 5.90. The van der Waals surface area contributed by atoms with Crippen LogP contribution in [0.2, 0.25) is 5.02 Å². The first kappa shape index (κ1) is 22.3. The highest BCUT2D eigenvalue weighted by molar-refractivity contribution is 6.33. The van der Waals surface area contributed by atoms with Gasteiger partial charge < -0.3 is 0 Å². The highest BCUT2D eigenvalue weighted by Crippen LogP contribution is 2.42. The van der Waals surface area contributed by atoms with Gasteiger partial charge in [0, 0.05) is 23.7 Å². The standard InChI is InChI=1S/C21H14Cl2N6O4/c1-27-19(30)14(10-24)17(11-6-8-12(22)9-7-11)25-21(27)26-28-18(16(23)20(28)31)13-4-2-3-5-15(13)29(32)33/h2-9,16,18H,1H3,(H,25,26). The number of nitro groups is 1. The van der Waals surface area contributed by atoms with Gasteiger partial charge in [-0.25, -0.2) is 9.99 Å². The van der Waals surface area contributed by atoms with E-state index in [-0.39, 0.29) is 28.5 Å². The topological polar surface area (TPSA) is 134 Å². The first-order valence-corrected chi connectivity index (χ1v) is 10.3. The Hall–Kier alpha value is -3.94. The lowest BCUT2D eigenvalue weighted by Gasteiger charge is -2.43. The number of carbonyl (C=O) groups excluding carboxylic acids is 1. The summed E-state index contributed by atoms with van der Waals surface area (Å²) in [6, 6.07) is 13.3. The second-order valence-electron chi connectivity index (χ2n) is 7.12. The second kappa shape index (κ2) is 8.54. The van der Waals surface area contributed by atoms with Crippen molar-refractivity contribution in [2.24, 2.45) is 7.05 Å². The van der Waals surface area contributed by atoms with E-state index in [1.165, 1.54) is 25.2 Å². The predicted octanol–water partition coefficient (Wildman–Crippen LogP) is 3.40. The predicted molar refractivity (Wildman–Crippen MR) is 121 cm³/mol. The van der Waals surface area contributed by atoms with Gasteiger partial charge in [0.05, 0.1) is 16.2 Å². The maximum Gasteiger partial charge on any atom is 0.274 e. The summed E-state index contributed by atoms with van der Waals surface area (Å²) in [6.07, 6.45) is 0. The highest BCUT2D eigenvalue weighted by Gasteiger charge is 2.50. The van der Waals surface area contributed by atoms with Crippen molar-refractivity contribution >= 4 is 40.7 Å². The summed E-state index contributed by atoms with van der Waals surface area (Å²) in [5.41, 5.74) is 2.51. The number of nitriles is 1. The van der Waals surface area contributed by atoms with Crippen molar-refractivity contribution in [3.8, 4) is 17.3 Å². The van der Waals surface area contributed by atoms with E-state index in [4.69, 9.17) is 23.2 Å². The molecule has 1 N–H and O–H groups in total. The van der Waals surface area contributed by atoms with Crippen molar-refractivity contribution < 1.29 is 9.72 Å². The van der Waals surface area contributed by atoms with Gasteiger partial charge in [-0.15, -0.1) is 11.6 Å². The smallest absolute Gasteiger partial charge is 0.274 e. The van der Waals surface area contributed by atoms with Crippen molar-refractivity contribution in [1.29, 1.82) is 5.26 Å². The number of aromatic nitrogens is 2. The number of hydrogen-bond acceptors (Lipinski definition) is 7. The molecule has 1 aromatic heterocycles. The maximum atomic E-state index is 12.8. The molecular formula is C21H14Cl2N6O4. The zero-order chi connectivity index (χ0) is 23.9. The van der Waals surface area contributed by atoms with Crippen LogP contribution in [0.25, 0.3) is 11.3 Å². The van der Waals surface area contributed by atoms with E-state index in [9.17, 15) is 25.0 Å². The van der Waals surface area contributed by atoms with Crippen LogP contribution in [0.1, 0.15) is 17.2 Å². The molecule has 0 spiro atoms. The number of nitro benzene ring substituents is 1. The van der Waals surface area contributed by atoms with Crippen molar-refractivity contribution in [1.82, 2.24) is 14.6 Å². The molecule has 1 aliphatic heterocycles. The Bertz CT molecular complexity index is 1380. The highest BCUT2D eigenvalue weighted by atomic mass is 35.5. The molecule has 2 atom stereocenters. The summed E-state index contributed by atoms with van der Waals surface area (Å²) < 4.78 is 1.07. The molecule has 2 aromatic carbocycles. The van der Waals surface area contributed by atoms with Gasteiger partial charge in [-0.2, -0.15) is 5.26 Å². The third kappa shape index (κ3) is 3.77. The summed E-state index contributed by atoms with van der Waals surface area (Å²) in [5, 5.41) is 21.5. The van der Waals surface area contributed by atoms with Crippen molar-refractivity contribution in [3.63, 3.8) is 0 Å². The van der Waals surface area contributed by atoms with Crippen LogP contribution in [-0.4, -0.2) is 30.8 Å². The minimum absolute atomic E-state index is 0.0514. The molecule has 2 heterocycles.